The van der Waals surface area contributed by atoms with Crippen molar-refractivity contribution in [2.24, 2.45) is 5.73 Å². The van der Waals surface area contributed by atoms with Gasteiger partial charge >= 0.3 is 0 Å². The van der Waals surface area contributed by atoms with Crippen LogP contribution in [0.15, 0.2) is 42.5 Å². The van der Waals surface area contributed by atoms with Crippen molar-refractivity contribution >= 4 is 6.29 Å². The Morgan fingerprint density at radius 3 is 2.59 bits per heavy atom. The molecule has 0 amide bonds. The summed E-state index contributed by atoms with van der Waals surface area (Å²) in [4.78, 5) is 10.4. The Morgan fingerprint density at radius 2 is 1.77 bits per heavy atom. The number of benzene rings is 2. The lowest BCUT2D eigenvalue weighted by molar-refractivity contribution is -0.107. The number of unbranched alkanes of at least 4 members (excludes halogenated alkanes) is 2. The zero-order valence-corrected chi connectivity index (χ0v) is 12.9. The number of aldehydes is 1. The highest BCUT2D eigenvalue weighted by Crippen LogP contribution is 2.31. The van der Waals surface area contributed by atoms with Crippen molar-refractivity contribution in [3.8, 4) is 0 Å². The molecular formula is C20H23NO. The molecule has 2 aromatic rings. The lowest BCUT2D eigenvalue weighted by atomic mass is 9.93. The van der Waals surface area contributed by atoms with Crippen molar-refractivity contribution in [3.05, 3.63) is 70.3 Å². The lowest BCUT2D eigenvalue weighted by Crippen LogP contribution is -2.14. The Hall–Kier alpha value is -1.93. The molecule has 0 bridgehead atoms. The van der Waals surface area contributed by atoms with E-state index in [1.807, 2.05) is 0 Å². The van der Waals surface area contributed by atoms with Crippen LogP contribution in [0.3, 0.4) is 0 Å². The average molecular weight is 293 g/mol. The van der Waals surface area contributed by atoms with Gasteiger partial charge in [0.1, 0.15) is 6.29 Å². The van der Waals surface area contributed by atoms with Gasteiger partial charge in [0, 0.05) is 6.42 Å². The van der Waals surface area contributed by atoms with Crippen LogP contribution in [0.25, 0.3) is 0 Å². The Morgan fingerprint density at radius 1 is 1.00 bits per heavy atom. The first-order valence-corrected chi connectivity index (χ1v) is 8.18. The van der Waals surface area contributed by atoms with Crippen molar-refractivity contribution in [2.75, 3.05) is 0 Å². The topological polar surface area (TPSA) is 43.1 Å². The molecule has 1 atom stereocenters. The first-order chi connectivity index (χ1) is 10.8. The summed E-state index contributed by atoms with van der Waals surface area (Å²) in [6.07, 6.45) is 6.84. The maximum Gasteiger partial charge on any atom is 0.119 e. The zero-order chi connectivity index (χ0) is 15.4. The van der Waals surface area contributed by atoms with Gasteiger partial charge in [0.05, 0.1) is 6.04 Å². The van der Waals surface area contributed by atoms with Gasteiger partial charge in [0.25, 0.3) is 0 Å². The Kier molecular flexibility index (Phi) is 4.69. The second kappa shape index (κ2) is 6.89. The second-order valence-electron chi connectivity index (χ2n) is 6.12. The third kappa shape index (κ3) is 3.12. The van der Waals surface area contributed by atoms with Gasteiger partial charge < -0.3 is 10.5 Å². The first kappa shape index (κ1) is 15.0. The largest absolute Gasteiger partial charge is 0.320 e. The van der Waals surface area contributed by atoms with Gasteiger partial charge in [-0.2, -0.15) is 0 Å². The molecule has 0 radical (unpaired) electrons. The van der Waals surface area contributed by atoms with E-state index in [-0.39, 0.29) is 6.04 Å². The number of rotatable bonds is 5. The summed E-state index contributed by atoms with van der Waals surface area (Å²) >= 11 is 0. The number of carbonyl (C=O) groups is 1. The van der Waals surface area contributed by atoms with E-state index in [1.165, 1.54) is 27.8 Å². The monoisotopic (exact) mass is 293 g/mol. The molecule has 0 fully saturated rings. The van der Waals surface area contributed by atoms with Crippen LogP contribution in [-0.4, -0.2) is 6.29 Å². The van der Waals surface area contributed by atoms with Crippen molar-refractivity contribution in [3.63, 3.8) is 0 Å². The van der Waals surface area contributed by atoms with Crippen molar-refractivity contribution in [1.82, 2.24) is 0 Å². The third-order valence-corrected chi connectivity index (χ3v) is 4.64. The molecule has 0 aliphatic heterocycles. The number of aryl methyl sites for hydroxylation is 3. The summed E-state index contributed by atoms with van der Waals surface area (Å²) in [6.45, 7) is 0. The normalized spacial score (nSPS) is 16.5. The summed E-state index contributed by atoms with van der Waals surface area (Å²) in [5.41, 5.74) is 13.2. The van der Waals surface area contributed by atoms with Crippen molar-refractivity contribution in [2.45, 2.75) is 44.6 Å². The molecule has 1 aliphatic carbocycles. The van der Waals surface area contributed by atoms with Crippen LogP contribution in [0.4, 0.5) is 0 Å². The van der Waals surface area contributed by atoms with E-state index in [9.17, 15) is 4.79 Å². The Bertz CT molecular complexity index is 663. The number of fused-ring (bicyclic) bond motifs is 2. The van der Waals surface area contributed by atoms with Crippen LogP contribution < -0.4 is 5.73 Å². The van der Waals surface area contributed by atoms with E-state index >= 15 is 0 Å². The van der Waals surface area contributed by atoms with E-state index in [0.29, 0.717) is 6.42 Å². The molecule has 22 heavy (non-hydrogen) atoms. The van der Waals surface area contributed by atoms with Crippen LogP contribution in [0.5, 0.6) is 0 Å². The zero-order valence-electron chi connectivity index (χ0n) is 12.9. The fourth-order valence-corrected chi connectivity index (χ4v) is 3.38. The third-order valence-electron chi connectivity index (χ3n) is 4.64. The molecule has 0 saturated heterocycles. The van der Waals surface area contributed by atoms with Gasteiger partial charge in [-0.1, -0.05) is 42.5 Å². The van der Waals surface area contributed by atoms with Gasteiger partial charge in [0.15, 0.2) is 0 Å². The predicted octanol–water partition coefficient (Wildman–Crippen LogP) is 3.75. The smallest absolute Gasteiger partial charge is 0.119 e. The fourth-order valence-electron chi connectivity index (χ4n) is 3.38. The molecule has 0 saturated carbocycles. The predicted molar refractivity (Wildman–Crippen MR) is 89.9 cm³/mol. The van der Waals surface area contributed by atoms with Crippen LogP contribution in [0.2, 0.25) is 0 Å². The number of hydrogen-bond donors (Lipinski definition) is 1. The van der Waals surface area contributed by atoms with Crippen LogP contribution in [0.1, 0.15) is 53.1 Å². The molecule has 0 aromatic heterocycles. The highest BCUT2D eigenvalue weighted by Gasteiger charge is 2.20. The van der Waals surface area contributed by atoms with Crippen LogP contribution in [0, 0.1) is 0 Å². The molecule has 114 valence electrons. The minimum Gasteiger partial charge on any atom is -0.320 e. The number of nitrogens with two attached hydrogens (primary N) is 1. The van der Waals surface area contributed by atoms with E-state index in [0.717, 1.165) is 38.4 Å². The molecule has 1 aliphatic rings. The van der Waals surface area contributed by atoms with Gasteiger partial charge in [-0.25, -0.2) is 0 Å². The quantitative estimate of drug-likeness (QED) is 0.674. The maximum absolute atomic E-state index is 10.4. The van der Waals surface area contributed by atoms with E-state index in [1.54, 1.807) is 0 Å². The molecule has 3 rings (SSSR count). The van der Waals surface area contributed by atoms with Crippen LogP contribution in [-0.2, 0) is 24.1 Å². The molecule has 0 spiro atoms. The van der Waals surface area contributed by atoms with Crippen molar-refractivity contribution in [1.29, 1.82) is 0 Å². The summed E-state index contributed by atoms with van der Waals surface area (Å²) < 4.78 is 0. The average Bonchev–Trinajstić information content (AvgIpc) is 2.70. The molecular weight excluding hydrogens is 270 g/mol. The summed E-state index contributed by atoms with van der Waals surface area (Å²) in [5, 5.41) is 0. The number of carbonyl (C=O) groups excluding carboxylic acids is 1. The van der Waals surface area contributed by atoms with E-state index in [4.69, 9.17) is 5.73 Å². The SMILES string of the molecule is NC1c2ccccc2CCc2ccc(CCCCC=O)cc21. The summed E-state index contributed by atoms with van der Waals surface area (Å²) in [5.74, 6) is 0. The number of hydrogen-bond acceptors (Lipinski definition) is 2. The van der Waals surface area contributed by atoms with Gasteiger partial charge in [0.2, 0.25) is 0 Å². The van der Waals surface area contributed by atoms with Crippen molar-refractivity contribution < 1.29 is 4.79 Å². The van der Waals surface area contributed by atoms with E-state index in [2.05, 4.69) is 42.5 Å². The molecule has 1 unspecified atom stereocenters. The Balaban J connectivity index is 1.84. The van der Waals surface area contributed by atoms with Gasteiger partial charge in [-0.3, -0.25) is 0 Å². The standard InChI is InChI=1S/C20H23NO/c21-20-18-8-4-3-7-16(18)11-12-17-10-9-15(14-19(17)20)6-2-1-5-13-22/h3-4,7-10,13-14,20H,1-2,5-6,11-12,21H2. The molecule has 2 aromatic carbocycles. The lowest BCUT2D eigenvalue weighted by Gasteiger charge is -2.16. The minimum absolute atomic E-state index is 0.0244. The fraction of sp³-hybridized carbons (Fsp3) is 0.350. The summed E-state index contributed by atoms with van der Waals surface area (Å²) in [6, 6.07) is 15.3. The minimum atomic E-state index is -0.0244. The van der Waals surface area contributed by atoms with Crippen LogP contribution >= 0.6 is 0 Å². The molecule has 0 heterocycles. The Labute approximate surface area is 132 Å². The maximum atomic E-state index is 10.4. The highest BCUT2D eigenvalue weighted by atomic mass is 16.1. The van der Waals surface area contributed by atoms with E-state index < -0.39 is 0 Å². The molecule has 2 nitrogen and oxygen atoms in total. The van der Waals surface area contributed by atoms with Gasteiger partial charge in [-0.15, -0.1) is 0 Å². The van der Waals surface area contributed by atoms with Gasteiger partial charge in [-0.05, 0) is 59.9 Å². The highest BCUT2D eigenvalue weighted by molar-refractivity contribution is 5.49. The molecule has 2 N–H and O–H groups in total. The first-order valence-electron chi connectivity index (χ1n) is 8.18. The molecule has 2 heteroatoms. The summed E-state index contributed by atoms with van der Waals surface area (Å²) in [7, 11) is 0. The second-order valence-corrected chi connectivity index (χ2v) is 6.12.